The van der Waals surface area contributed by atoms with E-state index < -0.39 is 0 Å². The van der Waals surface area contributed by atoms with Crippen molar-refractivity contribution in [2.24, 2.45) is 5.92 Å². The summed E-state index contributed by atoms with van der Waals surface area (Å²) in [4.78, 5) is 0. The summed E-state index contributed by atoms with van der Waals surface area (Å²) in [5.41, 5.74) is 1.16. The highest BCUT2D eigenvalue weighted by Crippen LogP contribution is 2.39. The molecule has 1 aromatic carbocycles. The fourth-order valence-electron chi connectivity index (χ4n) is 3.17. The van der Waals surface area contributed by atoms with E-state index in [9.17, 15) is 0 Å². The number of fused-ring (bicyclic) bond motifs is 1. The topological polar surface area (TPSA) is 30.5 Å². The maximum absolute atomic E-state index is 6.22. The van der Waals surface area contributed by atoms with Gasteiger partial charge in [-0.1, -0.05) is 37.8 Å². The van der Waals surface area contributed by atoms with Gasteiger partial charge in [-0.15, -0.1) is 0 Å². The molecule has 1 saturated carbocycles. The zero-order valence-corrected chi connectivity index (χ0v) is 12.7. The van der Waals surface area contributed by atoms with E-state index in [4.69, 9.17) is 21.1 Å². The molecule has 2 aliphatic rings. The van der Waals surface area contributed by atoms with Gasteiger partial charge in [-0.05, 0) is 36.5 Å². The Kier molecular flexibility index (Phi) is 4.37. The van der Waals surface area contributed by atoms with Crippen LogP contribution in [0, 0.1) is 5.92 Å². The van der Waals surface area contributed by atoms with Gasteiger partial charge in [0.1, 0.15) is 0 Å². The molecule has 3 rings (SSSR count). The number of ether oxygens (including phenoxy) is 2. The summed E-state index contributed by atoms with van der Waals surface area (Å²) >= 11 is 6.22. The zero-order chi connectivity index (χ0) is 13.9. The van der Waals surface area contributed by atoms with Gasteiger partial charge in [-0.25, -0.2) is 0 Å². The molecule has 2 atom stereocenters. The van der Waals surface area contributed by atoms with Gasteiger partial charge in [-0.3, -0.25) is 0 Å². The summed E-state index contributed by atoms with van der Waals surface area (Å²) in [7, 11) is 0. The lowest BCUT2D eigenvalue weighted by molar-refractivity contribution is 0.174. The first-order valence-electron chi connectivity index (χ1n) is 7.55. The molecule has 1 N–H and O–H groups in total. The van der Waals surface area contributed by atoms with E-state index in [1.807, 2.05) is 12.1 Å². The van der Waals surface area contributed by atoms with Crippen molar-refractivity contribution in [3.05, 3.63) is 22.7 Å². The minimum Gasteiger partial charge on any atom is -0.454 e. The molecule has 0 aromatic heterocycles. The third kappa shape index (κ3) is 3.04. The second-order valence-electron chi connectivity index (χ2n) is 5.91. The molecule has 2 unspecified atom stereocenters. The second-order valence-corrected chi connectivity index (χ2v) is 6.32. The maximum atomic E-state index is 6.22. The smallest absolute Gasteiger partial charge is 0.231 e. The number of hydrogen-bond donors (Lipinski definition) is 1. The predicted molar refractivity (Wildman–Crippen MR) is 80.5 cm³/mol. The molecule has 0 amide bonds. The molecule has 1 heterocycles. The van der Waals surface area contributed by atoms with Gasteiger partial charge in [0.25, 0.3) is 0 Å². The van der Waals surface area contributed by atoms with E-state index in [-0.39, 0.29) is 6.79 Å². The number of nitrogens with one attached hydrogen (secondary N) is 1. The molecule has 3 nitrogen and oxygen atoms in total. The Labute approximate surface area is 125 Å². The van der Waals surface area contributed by atoms with Crippen LogP contribution in [0.3, 0.4) is 0 Å². The third-order valence-electron chi connectivity index (χ3n) is 4.42. The number of hydrogen-bond acceptors (Lipinski definition) is 3. The first-order valence-corrected chi connectivity index (χ1v) is 7.93. The largest absolute Gasteiger partial charge is 0.454 e. The maximum Gasteiger partial charge on any atom is 0.231 e. The Morgan fingerprint density at radius 2 is 2.05 bits per heavy atom. The Hall–Kier alpha value is -0.930. The minimum atomic E-state index is 0.269. The van der Waals surface area contributed by atoms with Crippen LogP contribution in [-0.2, 0) is 6.54 Å². The number of benzene rings is 1. The van der Waals surface area contributed by atoms with Crippen molar-refractivity contribution in [2.45, 2.75) is 51.6 Å². The van der Waals surface area contributed by atoms with Crippen molar-refractivity contribution >= 4 is 11.6 Å². The molecule has 1 aliphatic heterocycles. The summed E-state index contributed by atoms with van der Waals surface area (Å²) in [6.07, 6.45) is 6.69. The van der Waals surface area contributed by atoms with Crippen LogP contribution >= 0.6 is 11.6 Å². The lowest BCUT2D eigenvalue weighted by atomic mass is 9.97. The molecule has 0 bridgehead atoms. The van der Waals surface area contributed by atoms with Crippen molar-refractivity contribution in [2.75, 3.05) is 6.79 Å². The Morgan fingerprint density at radius 3 is 2.95 bits per heavy atom. The molecular weight excluding hydrogens is 274 g/mol. The highest BCUT2D eigenvalue weighted by atomic mass is 35.5. The molecule has 110 valence electrons. The van der Waals surface area contributed by atoms with Crippen molar-refractivity contribution < 1.29 is 9.47 Å². The molecule has 1 aromatic rings. The van der Waals surface area contributed by atoms with Gasteiger partial charge in [0.05, 0.1) is 5.02 Å². The van der Waals surface area contributed by atoms with E-state index >= 15 is 0 Å². The third-order valence-corrected chi connectivity index (χ3v) is 4.70. The van der Waals surface area contributed by atoms with Crippen LogP contribution in [-0.4, -0.2) is 12.8 Å². The van der Waals surface area contributed by atoms with Crippen LogP contribution in [0.5, 0.6) is 11.5 Å². The zero-order valence-electron chi connectivity index (χ0n) is 12.0. The van der Waals surface area contributed by atoms with Crippen LogP contribution in [0.2, 0.25) is 5.02 Å². The molecule has 20 heavy (non-hydrogen) atoms. The normalized spacial score (nSPS) is 25.5. The first-order chi connectivity index (χ1) is 9.74. The van der Waals surface area contributed by atoms with Gasteiger partial charge in [0.2, 0.25) is 6.79 Å². The Balaban J connectivity index is 1.64. The van der Waals surface area contributed by atoms with Crippen LogP contribution in [0.25, 0.3) is 0 Å². The van der Waals surface area contributed by atoms with Crippen LogP contribution in [0.4, 0.5) is 0 Å². The van der Waals surface area contributed by atoms with Gasteiger partial charge in [0.15, 0.2) is 11.5 Å². The number of rotatable bonds is 3. The summed E-state index contributed by atoms with van der Waals surface area (Å²) < 4.78 is 10.8. The molecular formula is C16H22ClNO2. The van der Waals surface area contributed by atoms with Crippen molar-refractivity contribution in [1.82, 2.24) is 5.32 Å². The van der Waals surface area contributed by atoms with Crippen molar-refractivity contribution in [3.63, 3.8) is 0 Å². The fourth-order valence-corrected chi connectivity index (χ4v) is 3.46. The highest BCUT2D eigenvalue weighted by Gasteiger charge is 2.21. The first kappa shape index (κ1) is 14.0. The minimum absolute atomic E-state index is 0.269. The van der Waals surface area contributed by atoms with E-state index in [0.29, 0.717) is 16.8 Å². The van der Waals surface area contributed by atoms with Gasteiger partial charge in [0, 0.05) is 12.6 Å². The van der Waals surface area contributed by atoms with Gasteiger partial charge >= 0.3 is 0 Å². The van der Waals surface area contributed by atoms with E-state index in [1.165, 1.54) is 32.1 Å². The van der Waals surface area contributed by atoms with Crippen LogP contribution < -0.4 is 14.8 Å². The predicted octanol–water partition coefficient (Wildman–Crippen LogP) is 4.13. The van der Waals surface area contributed by atoms with Gasteiger partial charge < -0.3 is 14.8 Å². The Morgan fingerprint density at radius 1 is 1.20 bits per heavy atom. The molecule has 1 aliphatic carbocycles. The van der Waals surface area contributed by atoms with Crippen LogP contribution in [0.15, 0.2) is 12.1 Å². The SMILES string of the molecule is CC1CCCCCC1NCc1cc(Cl)c2c(c1)OCO2. The lowest BCUT2D eigenvalue weighted by Gasteiger charge is -2.23. The summed E-state index contributed by atoms with van der Waals surface area (Å²) in [6.45, 7) is 3.46. The van der Waals surface area contributed by atoms with E-state index in [1.54, 1.807) is 0 Å². The van der Waals surface area contributed by atoms with Crippen molar-refractivity contribution in [1.29, 1.82) is 0 Å². The average molecular weight is 296 g/mol. The fraction of sp³-hybridized carbons (Fsp3) is 0.625. The molecule has 0 saturated heterocycles. The molecule has 0 radical (unpaired) electrons. The van der Waals surface area contributed by atoms with Crippen LogP contribution in [0.1, 0.15) is 44.6 Å². The number of halogens is 1. The second kappa shape index (κ2) is 6.23. The monoisotopic (exact) mass is 295 g/mol. The van der Waals surface area contributed by atoms with Gasteiger partial charge in [-0.2, -0.15) is 0 Å². The standard InChI is InChI=1S/C16H22ClNO2/c1-11-5-3-2-4-6-14(11)18-9-12-7-13(17)16-15(8-12)19-10-20-16/h7-8,11,14,18H,2-6,9-10H2,1H3. The summed E-state index contributed by atoms with van der Waals surface area (Å²) in [6, 6.07) is 4.62. The van der Waals surface area contributed by atoms with Crippen molar-refractivity contribution in [3.8, 4) is 11.5 Å². The quantitative estimate of drug-likeness (QED) is 0.851. The van der Waals surface area contributed by atoms with E-state index in [2.05, 4.69) is 12.2 Å². The molecule has 1 fully saturated rings. The summed E-state index contributed by atoms with van der Waals surface area (Å²) in [5, 5.41) is 4.34. The average Bonchev–Trinajstić information content (AvgIpc) is 2.81. The summed E-state index contributed by atoms with van der Waals surface area (Å²) in [5.74, 6) is 2.20. The Bertz CT molecular complexity index is 478. The lowest BCUT2D eigenvalue weighted by Crippen LogP contribution is -2.33. The van der Waals surface area contributed by atoms with E-state index in [0.717, 1.165) is 23.8 Å². The molecule has 4 heteroatoms. The highest BCUT2D eigenvalue weighted by molar-refractivity contribution is 6.32. The molecule has 0 spiro atoms.